The maximum atomic E-state index is 10.9. The van der Waals surface area contributed by atoms with Gasteiger partial charge in [-0.25, -0.2) is 0 Å². The van der Waals surface area contributed by atoms with Gasteiger partial charge in [0.25, 0.3) is 0 Å². The second-order valence-corrected chi connectivity index (χ2v) is 6.87. The van der Waals surface area contributed by atoms with E-state index in [1.807, 2.05) is 0 Å². The van der Waals surface area contributed by atoms with Gasteiger partial charge in [-0.3, -0.25) is 9.36 Å². The van der Waals surface area contributed by atoms with E-state index in [2.05, 4.69) is 0 Å². The highest BCUT2D eigenvalue weighted by atomic mass is 31.2. The molecule has 6 heteroatoms. The Balaban J connectivity index is 2.58. The van der Waals surface area contributed by atoms with Crippen molar-refractivity contribution in [2.24, 2.45) is 5.41 Å². The lowest BCUT2D eigenvalue weighted by atomic mass is 9.69. The van der Waals surface area contributed by atoms with Crippen LogP contribution >= 0.6 is 7.60 Å². The molecule has 3 N–H and O–H groups in total. The minimum Gasteiger partial charge on any atom is -0.481 e. The topological polar surface area (TPSA) is 94.8 Å². The summed E-state index contributed by atoms with van der Waals surface area (Å²) >= 11 is 0. The Bertz CT molecular complexity index is 303. The smallest absolute Gasteiger partial charge is 0.325 e. The third kappa shape index (κ3) is 5.66. The zero-order valence-corrected chi connectivity index (χ0v) is 10.9. The highest BCUT2D eigenvalue weighted by molar-refractivity contribution is 7.51. The van der Waals surface area contributed by atoms with Crippen molar-refractivity contribution in [1.82, 2.24) is 0 Å². The number of carboxylic acids is 1. The third-order valence-electron chi connectivity index (χ3n) is 3.72. The normalized spacial score (nSPS) is 20.1. The Morgan fingerprint density at radius 2 is 1.71 bits per heavy atom. The molecule has 0 unspecified atom stereocenters. The number of carboxylic acid groups (broad SMARTS) is 1. The molecule has 1 rings (SSSR count). The van der Waals surface area contributed by atoms with Gasteiger partial charge in [0.2, 0.25) is 0 Å². The molecule has 0 amide bonds. The Labute approximate surface area is 101 Å². The van der Waals surface area contributed by atoms with E-state index in [-0.39, 0.29) is 18.0 Å². The molecule has 0 aromatic rings. The summed E-state index contributed by atoms with van der Waals surface area (Å²) in [5.41, 5.74) is -0.155. The molecule has 1 aliphatic rings. The SMILES string of the molecule is O=C(O)CCC1(CCP(=O)(O)O)CCCCC1. The van der Waals surface area contributed by atoms with Crippen LogP contribution in [-0.2, 0) is 9.36 Å². The van der Waals surface area contributed by atoms with Crippen molar-refractivity contribution >= 4 is 13.6 Å². The van der Waals surface area contributed by atoms with Gasteiger partial charge in [0.05, 0.1) is 6.16 Å². The third-order valence-corrected chi connectivity index (χ3v) is 4.52. The first-order valence-electron chi connectivity index (χ1n) is 6.09. The number of carbonyl (C=O) groups is 1. The molecular formula is C11H21O5P. The maximum absolute atomic E-state index is 10.9. The molecule has 0 aromatic carbocycles. The van der Waals surface area contributed by atoms with Crippen LogP contribution in [0.25, 0.3) is 0 Å². The number of aliphatic carboxylic acids is 1. The molecule has 1 fully saturated rings. The van der Waals surface area contributed by atoms with Crippen LogP contribution in [0.15, 0.2) is 0 Å². The number of hydrogen-bond donors (Lipinski definition) is 3. The minimum absolute atomic E-state index is 0.0984. The second kappa shape index (κ2) is 5.98. The summed E-state index contributed by atoms with van der Waals surface area (Å²) in [6, 6.07) is 0. The standard InChI is InChI=1S/C11H21O5P/c12-10(13)4-7-11(5-2-1-3-6-11)8-9-17(14,15)16/h1-9H2,(H,12,13)(H2,14,15,16). The molecule has 5 nitrogen and oxygen atoms in total. The predicted octanol–water partition coefficient (Wildman–Crippen LogP) is 2.37. The van der Waals surface area contributed by atoms with Gasteiger partial charge < -0.3 is 14.9 Å². The quantitative estimate of drug-likeness (QED) is 0.640. The monoisotopic (exact) mass is 264 g/mol. The largest absolute Gasteiger partial charge is 0.481 e. The Morgan fingerprint density at radius 3 is 2.18 bits per heavy atom. The summed E-state index contributed by atoms with van der Waals surface area (Å²) in [6.45, 7) is 0. The summed E-state index contributed by atoms with van der Waals surface area (Å²) in [6.07, 6.45) is 6.01. The molecule has 0 bridgehead atoms. The summed E-state index contributed by atoms with van der Waals surface area (Å²) in [4.78, 5) is 28.5. The van der Waals surface area contributed by atoms with E-state index in [1.54, 1.807) is 0 Å². The van der Waals surface area contributed by atoms with Crippen LogP contribution in [0, 0.1) is 5.41 Å². The van der Waals surface area contributed by atoms with Crippen LogP contribution in [0.2, 0.25) is 0 Å². The number of hydrogen-bond acceptors (Lipinski definition) is 2. The van der Waals surface area contributed by atoms with Gasteiger partial charge in [-0.1, -0.05) is 19.3 Å². The fourth-order valence-electron chi connectivity index (χ4n) is 2.68. The van der Waals surface area contributed by atoms with E-state index in [0.29, 0.717) is 12.8 Å². The Hall–Kier alpha value is -0.380. The van der Waals surface area contributed by atoms with Crippen molar-refractivity contribution in [1.29, 1.82) is 0 Å². The van der Waals surface area contributed by atoms with E-state index in [0.717, 1.165) is 32.1 Å². The van der Waals surface area contributed by atoms with Gasteiger partial charge in [0, 0.05) is 6.42 Å². The van der Waals surface area contributed by atoms with Gasteiger partial charge in [0.1, 0.15) is 0 Å². The molecular weight excluding hydrogens is 243 g/mol. The van der Waals surface area contributed by atoms with Crippen LogP contribution < -0.4 is 0 Å². The molecule has 0 saturated heterocycles. The van der Waals surface area contributed by atoms with Crippen molar-refractivity contribution in [3.05, 3.63) is 0 Å². The van der Waals surface area contributed by atoms with Crippen molar-refractivity contribution in [3.8, 4) is 0 Å². The van der Waals surface area contributed by atoms with E-state index < -0.39 is 13.6 Å². The second-order valence-electron chi connectivity index (χ2n) is 5.09. The van der Waals surface area contributed by atoms with Crippen molar-refractivity contribution in [2.45, 2.75) is 51.4 Å². The van der Waals surface area contributed by atoms with Crippen LogP contribution in [0.4, 0.5) is 0 Å². The van der Waals surface area contributed by atoms with Crippen molar-refractivity contribution < 1.29 is 24.3 Å². The summed E-state index contributed by atoms with van der Waals surface area (Å²) in [5, 5.41) is 8.73. The van der Waals surface area contributed by atoms with Gasteiger partial charge in [-0.05, 0) is 31.1 Å². The Morgan fingerprint density at radius 1 is 1.12 bits per heavy atom. The van der Waals surface area contributed by atoms with E-state index in [4.69, 9.17) is 14.9 Å². The zero-order chi connectivity index (χ0) is 12.9. The van der Waals surface area contributed by atoms with Crippen LogP contribution in [0.3, 0.4) is 0 Å². The average molecular weight is 264 g/mol. The van der Waals surface area contributed by atoms with Crippen molar-refractivity contribution in [3.63, 3.8) is 0 Å². The van der Waals surface area contributed by atoms with E-state index >= 15 is 0 Å². The average Bonchev–Trinajstić information content (AvgIpc) is 2.25. The van der Waals surface area contributed by atoms with Gasteiger partial charge in [0.15, 0.2) is 0 Å². The summed E-state index contributed by atoms with van der Waals surface area (Å²) < 4.78 is 10.9. The molecule has 0 spiro atoms. The maximum Gasteiger partial charge on any atom is 0.325 e. The first-order chi connectivity index (χ1) is 7.83. The zero-order valence-electron chi connectivity index (χ0n) is 9.97. The molecule has 0 atom stereocenters. The van der Waals surface area contributed by atoms with Crippen molar-refractivity contribution in [2.75, 3.05) is 6.16 Å². The van der Waals surface area contributed by atoms with E-state index in [9.17, 15) is 9.36 Å². The van der Waals surface area contributed by atoms with Gasteiger partial charge in [-0.15, -0.1) is 0 Å². The molecule has 1 aliphatic carbocycles. The first kappa shape index (κ1) is 14.7. The Kier molecular flexibility index (Phi) is 5.17. The van der Waals surface area contributed by atoms with Crippen LogP contribution in [-0.4, -0.2) is 27.0 Å². The van der Waals surface area contributed by atoms with E-state index in [1.165, 1.54) is 0 Å². The highest BCUT2D eigenvalue weighted by Crippen LogP contribution is 2.47. The highest BCUT2D eigenvalue weighted by Gasteiger charge is 2.34. The van der Waals surface area contributed by atoms with Crippen LogP contribution in [0.5, 0.6) is 0 Å². The fraction of sp³-hybridized carbons (Fsp3) is 0.909. The summed E-state index contributed by atoms with van der Waals surface area (Å²) in [5.74, 6) is -0.828. The minimum atomic E-state index is -3.97. The van der Waals surface area contributed by atoms with Gasteiger partial charge >= 0.3 is 13.6 Å². The molecule has 17 heavy (non-hydrogen) atoms. The number of rotatable bonds is 6. The lowest BCUT2D eigenvalue weighted by Crippen LogP contribution is -2.26. The lowest BCUT2D eigenvalue weighted by Gasteiger charge is -2.37. The van der Waals surface area contributed by atoms with Crippen LogP contribution in [0.1, 0.15) is 51.4 Å². The first-order valence-corrected chi connectivity index (χ1v) is 7.89. The molecule has 100 valence electrons. The summed E-state index contributed by atoms with van der Waals surface area (Å²) in [7, 11) is -3.97. The predicted molar refractivity (Wildman–Crippen MR) is 63.9 cm³/mol. The molecule has 0 radical (unpaired) electrons. The fourth-order valence-corrected chi connectivity index (χ4v) is 3.45. The van der Waals surface area contributed by atoms with Gasteiger partial charge in [-0.2, -0.15) is 0 Å². The molecule has 0 aliphatic heterocycles. The lowest BCUT2D eigenvalue weighted by molar-refractivity contribution is -0.137. The molecule has 0 heterocycles. The molecule has 0 aromatic heterocycles. The molecule has 1 saturated carbocycles.